The molecule has 0 aliphatic carbocycles. The fraction of sp³-hybridized carbons (Fsp3) is 0.562. The molecule has 118 valence electrons. The van der Waals surface area contributed by atoms with Gasteiger partial charge in [-0.05, 0) is 45.4 Å². The zero-order chi connectivity index (χ0) is 15.9. The van der Waals surface area contributed by atoms with E-state index < -0.39 is 4.75 Å². The Kier molecular flexibility index (Phi) is 7.05. The number of methoxy groups -OCH3 is 1. The first-order valence-electron chi connectivity index (χ1n) is 6.97. The number of hydrogen-bond donors (Lipinski definition) is 0. The third-order valence-corrected chi connectivity index (χ3v) is 4.29. The van der Waals surface area contributed by atoms with Crippen molar-refractivity contribution in [2.45, 2.75) is 37.7 Å². The van der Waals surface area contributed by atoms with E-state index >= 15 is 0 Å². The fourth-order valence-electron chi connectivity index (χ4n) is 1.85. The Morgan fingerprint density at radius 3 is 2.71 bits per heavy atom. The fourth-order valence-corrected chi connectivity index (χ4v) is 3.17. The summed E-state index contributed by atoms with van der Waals surface area (Å²) in [6.45, 7) is 8.28. The zero-order valence-corrected chi connectivity index (χ0v) is 14.2. The molecule has 1 aromatic carbocycles. The van der Waals surface area contributed by atoms with Crippen LogP contribution in [-0.4, -0.2) is 31.2 Å². The number of hydrogen-bond acceptors (Lipinski definition) is 5. The molecule has 1 atom stereocenters. The van der Waals surface area contributed by atoms with E-state index in [1.54, 1.807) is 18.9 Å². The lowest BCUT2D eigenvalue weighted by molar-refractivity contribution is -0.145. The van der Waals surface area contributed by atoms with Gasteiger partial charge < -0.3 is 14.2 Å². The van der Waals surface area contributed by atoms with Gasteiger partial charge >= 0.3 is 5.97 Å². The van der Waals surface area contributed by atoms with E-state index in [0.29, 0.717) is 6.61 Å². The highest BCUT2D eigenvalue weighted by molar-refractivity contribution is 8.01. The van der Waals surface area contributed by atoms with Crippen LogP contribution in [0.1, 0.15) is 38.5 Å². The Morgan fingerprint density at radius 2 is 2.10 bits per heavy atom. The first-order valence-corrected chi connectivity index (χ1v) is 7.85. The van der Waals surface area contributed by atoms with Gasteiger partial charge in [-0.2, -0.15) is 0 Å². The van der Waals surface area contributed by atoms with Crippen LogP contribution in [0.25, 0.3) is 0 Å². The molecule has 5 heteroatoms. The molecule has 0 aliphatic rings. The molecule has 21 heavy (non-hydrogen) atoms. The van der Waals surface area contributed by atoms with Crippen molar-refractivity contribution in [3.8, 4) is 5.75 Å². The van der Waals surface area contributed by atoms with Gasteiger partial charge in [0.1, 0.15) is 10.5 Å². The van der Waals surface area contributed by atoms with Crippen molar-refractivity contribution in [3.63, 3.8) is 0 Å². The first-order chi connectivity index (χ1) is 9.90. The maximum absolute atomic E-state index is 12.0. The Bertz CT molecular complexity index is 459. The predicted molar refractivity (Wildman–Crippen MR) is 85.7 cm³/mol. The summed E-state index contributed by atoms with van der Waals surface area (Å²) in [5.74, 6) is 0.573. The van der Waals surface area contributed by atoms with Crippen LogP contribution in [0.15, 0.2) is 24.3 Å². The van der Waals surface area contributed by atoms with Crippen LogP contribution in [0.4, 0.5) is 0 Å². The van der Waals surface area contributed by atoms with Gasteiger partial charge in [0, 0.05) is 12.4 Å². The largest absolute Gasteiger partial charge is 0.468 e. The molecular formula is C16H24O4S. The molecule has 1 rings (SSSR count). The van der Waals surface area contributed by atoms with E-state index in [9.17, 15) is 4.79 Å². The average molecular weight is 312 g/mol. The van der Waals surface area contributed by atoms with Crippen molar-refractivity contribution in [2.24, 2.45) is 0 Å². The van der Waals surface area contributed by atoms with Gasteiger partial charge in [-0.15, -0.1) is 11.8 Å². The normalized spacial score (nSPS) is 12.8. The third-order valence-electron chi connectivity index (χ3n) is 2.91. The molecule has 0 bridgehead atoms. The van der Waals surface area contributed by atoms with Crippen molar-refractivity contribution >= 4 is 17.7 Å². The van der Waals surface area contributed by atoms with Gasteiger partial charge in [-0.1, -0.05) is 12.1 Å². The van der Waals surface area contributed by atoms with Crippen molar-refractivity contribution in [2.75, 3.05) is 20.5 Å². The molecule has 0 aromatic heterocycles. The summed E-state index contributed by atoms with van der Waals surface area (Å²) < 4.78 is 14.9. The molecule has 0 amide bonds. The molecule has 0 radical (unpaired) electrons. The van der Waals surface area contributed by atoms with Crippen molar-refractivity contribution < 1.29 is 19.0 Å². The van der Waals surface area contributed by atoms with E-state index in [2.05, 4.69) is 6.92 Å². The smallest absolute Gasteiger partial charge is 0.321 e. The van der Waals surface area contributed by atoms with Gasteiger partial charge in [-0.3, -0.25) is 4.79 Å². The number of rotatable bonds is 8. The van der Waals surface area contributed by atoms with Crippen LogP contribution in [0, 0.1) is 0 Å². The van der Waals surface area contributed by atoms with E-state index in [0.717, 1.165) is 11.3 Å². The maximum Gasteiger partial charge on any atom is 0.321 e. The van der Waals surface area contributed by atoms with Crippen LogP contribution in [0.3, 0.4) is 0 Å². The highest BCUT2D eigenvalue weighted by Crippen LogP contribution is 2.39. The molecule has 0 aliphatic heterocycles. The molecule has 0 N–H and O–H groups in total. The van der Waals surface area contributed by atoms with Gasteiger partial charge in [0.2, 0.25) is 0 Å². The van der Waals surface area contributed by atoms with Crippen LogP contribution in [-0.2, 0) is 14.3 Å². The van der Waals surface area contributed by atoms with Crippen LogP contribution in [0.2, 0.25) is 0 Å². The summed E-state index contributed by atoms with van der Waals surface area (Å²) in [5.41, 5.74) is 1.10. The Morgan fingerprint density at radius 1 is 1.38 bits per heavy atom. The minimum Gasteiger partial charge on any atom is -0.468 e. The van der Waals surface area contributed by atoms with Gasteiger partial charge in [0.25, 0.3) is 0 Å². The zero-order valence-electron chi connectivity index (χ0n) is 13.3. The number of ether oxygens (including phenoxy) is 3. The summed E-state index contributed by atoms with van der Waals surface area (Å²) in [7, 11) is 1.59. The monoisotopic (exact) mass is 312 g/mol. The third kappa shape index (κ3) is 5.59. The van der Waals surface area contributed by atoms with E-state index in [1.807, 2.05) is 45.0 Å². The quantitative estimate of drug-likeness (QED) is 0.539. The van der Waals surface area contributed by atoms with Gasteiger partial charge in [0.05, 0.1) is 6.61 Å². The predicted octanol–water partition coefficient (Wildman–Crippen LogP) is 3.81. The second-order valence-electron chi connectivity index (χ2n) is 5.11. The summed E-state index contributed by atoms with van der Waals surface area (Å²) in [6, 6.07) is 7.82. The summed E-state index contributed by atoms with van der Waals surface area (Å²) in [4.78, 5) is 12.0. The number of benzene rings is 1. The molecule has 1 aromatic rings. The van der Waals surface area contributed by atoms with Gasteiger partial charge in [-0.25, -0.2) is 0 Å². The summed E-state index contributed by atoms with van der Waals surface area (Å²) in [6.07, 6.45) is 0. The van der Waals surface area contributed by atoms with E-state index in [-0.39, 0.29) is 18.0 Å². The number of thioether (sulfide) groups is 1. The first kappa shape index (κ1) is 17.9. The molecule has 0 heterocycles. The maximum atomic E-state index is 12.0. The highest BCUT2D eigenvalue weighted by atomic mass is 32.2. The molecule has 0 saturated heterocycles. The van der Waals surface area contributed by atoms with E-state index in [4.69, 9.17) is 14.2 Å². The Hall–Kier alpha value is -1.20. The van der Waals surface area contributed by atoms with E-state index in [1.165, 1.54) is 0 Å². The summed E-state index contributed by atoms with van der Waals surface area (Å²) in [5, 5.41) is 0.149. The molecule has 1 unspecified atom stereocenters. The van der Waals surface area contributed by atoms with Crippen LogP contribution >= 0.6 is 11.8 Å². The average Bonchev–Trinajstić information content (AvgIpc) is 2.45. The second kappa shape index (κ2) is 8.29. The lowest BCUT2D eigenvalue weighted by atomic mass is 10.1. The minimum atomic E-state index is -0.585. The standard InChI is InChI=1S/C16H24O4S/c1-6-19-15(17)16(3,4)21-12(2)13-8-7-9-14(10-13)20-11-18-5/h7-10,12H,6,11H2,1-5H3. The molecule has 0 saturated carbocycles. The van der Waals surface area contributed by atoms with Crippen molar-refractivity contribution in [1.82, 2.24) is 0 Å². The molecule has 4 nitrogen and oxygen atoms in total. The number of esters is 1. The second-order valence-corrected chi connectivity index (χ2v) is 7.08. The molecule has 0 fully saturated rings. The molecule has 0 spiro atoms. The van der Waals surface area contributed by atoms with Gasteiger partial charge in [0.15, 0.2) is 6.79 Å². The van der Waals surface area contributed by atoms with Crippen molar-refractivity contribution in [3.05, 3.63) is 29.8 Å². The van der Waals surface area contributed by atoms with Crippen LogP contribution in [0.5, 0.6) is 5.75 Å². The SMILES string of the molecule is CCOC(=O)C(C)(C)SC(C)c1cccc(OCOC)c1. The Labute approximate surface area is 131 Å². The van der Waals surface area contributed by atoms with Crippen molar-refractivity contribution in [1.29, 1.82) is 0 Å². The summed E-state index contributed by atoms with van der Waals surface area (Å²) >= 11 is 1.57. The Balaban J connectivity index is 2.74. The number of carbonyl (C=O) groups is 1. The number of carbonyl (C=O) groups excluding carboxylic acids is 1. The topological polar surface area (TPSA) is 44.8 Å². The molecular weight excluding hydrogens is 288 g/mol. The van der Waals surface area contributed by atoms with Crippen LogP contribution < -0.4 is 4.74 Å². The minimum absolute atomic E-state index is 0.149. The lowest BCUT2D eigenvalue weighted by Crippen LogP contribution is -2.30. The lowest BCUT2D eigenvalue weighted by Gasteiger charge is -2.25. The highest BCUT2D eigenvalue weighted by Gasteiger charge is 2.32.